The Morgan fingerprint density at radius 1 is 1.58 bits per heavy atom. The van der Waals surface area contributed by atoms with Gasteiger partial charge in [0.25, 0.3) is 5.91 Å². The summed E-state index contributed by atoms with van der Waals surface area (Å²) >= 11 is 0. The van der Waals surface area contributed by atoms with Gasteiger partial charge in [-0.2, -0.15) is 0 Å². The minimum atomic E-state index is -0.523. The van der Waals surface area contributed by atoms with Gasteiger partial charge < -0.3 is 15.4 Å². The first-order valence-electron chi connectivity index (χ1n) is 6.67. The van der Waals surface area contributed by atoms with Crippen LogP contribution in [0.5, 0.6) is 0 Å². The van der Waals surface area contributed by atoms with E-state index in [1.165, 1.54) is 18.3 Å². The van der Waals surface area contributed by atoms with Gasteiger partial charge in [0, 0.05) is 12.3 Å². The van der Waals surface area contributed by atoms with Gasteiger partial charge in [0.2, 0.25) is 5.56 Å². The molecular formula is C14H20N2O3. The van der Waals surface area contributed by atoms with Crippen molar-refractivity contribution < 1.29 is 9.90 Å². The number of aliphatic hydroxyl groups is 1. The Hall–Kier alpha value is -1.62. The molecule has 1 aliphatic carbocycles. The molecule has 2 atom stereocenters. The second-order valence-corrected chi connectivity index (χ2v) is 5.54. The Kier molecular flexibility index (Phi) is 4.04. The molecule has 1 aliphatic rings. The Morgan fingerprint density at radius 2 is 2.37 bits per heavy atom. The molecular weight excluding hydrogens is 244 g/mol. The van der Waals surface area contributed by atoms with Crippen LogP contribution in [0.25, 0.3) is 0 Å². The van der Waals surface area contributed by atoms with Gasteiger partial charge >= 0.3 is 0 Å². The quantitative estimate of drug-likeness (QED) is 0.763. The summed E-state index contributed by atoms with van der Waals surface area (Å²) in [7, 11) is 0. The van der Waals surface area contributed by atoms with E-state index in [0.717, 1.165) is 25.7 Å². The summed E-state index contributed by atoms with van der Waals surface area (Å²) in [6.07, 6.45) is 5.13. The van der Waals surface area contributed by atoms with Crippen LogP contribution in [0, 0.1) is 5.92 Å². The highest BCUT2D eigenvalue weighted by Crippen LogP contribution is 2.32. The van der Waals surface area contributed by atoms with Crippen LogP contribution in [0.2, 0.25) is 0 Å². The summed E-state index contributed by atoms with van der Waals surface area (Å²) in [6.45, 7) is 2.09. The van der Waals surface area contributed by atoms with Crippen molar-refractivity contribution in [2.75, 3.05) is 6.61 Å². The number of hydrogen-bond acceptors (Lipinski definition) is 3. The Bertz CT molecular complexity index is 491. The van der Waals surface area contributed by atoms with Crippen molar-refractivity contribution in [3.63, 3.8) is 0 Å². The lowest BCUT2D eigenvalue weighted by atomic mass is 9.76. The van der Waals surface area contributed by atoms with Crippen molar-refractivity contribution in [1.82, 2.24) is 10.3 Å². The van der Waals surface area contributed by atoms with Crippen LogP contribution in [-0.2, 0) is 0 Å². The lowest BCUT2D eigenvalue weighted by Crippen LogP contribution is -2.53. The molecule has 104 valence electrons. The summed E-state index contributed by atoms with van der Waals surface area (Å²) in [5.74, 6) is 0.246. The molecule has 1 amide bonds. The molecule has 0 radical (unpaired) electrons. The number of amides is 1. The van der Waals surface area contributed by atoms with Gasteiger partial charge in [0.1, 0.15) is 0 Å². The smallest absolute Gasteiger partial charge is 0.253 e. The van der Waals surface area contributed by atoms with E-state index in [0.29, 0.717) is 11.5 Å². The normalized spacial score (nSPS) is 26.9. The third kappa shape index (κ3) is 3.23. The molecule has 0 saturated heterocycles. The van der Waals surface area contributed by atoms with E-state index in [1.54, 1.807) is 0 Å². The minimum absolute atomic E-state index is 0.0492. The predicted molar refractivity (Wildman–Crippen MR) is 72.0 cm³/mol. The summed E-state index contributed by atoms with van der Waals surface area (Å²) < 4.78 is 0. The number of aliphatic hydroxyl groups excluding tert-OH is 1. The molecule has 1 saturated carbocycles. The monoisotopic (exact) mass is 264 g/mol. The van der Waals surface area contributed by atoms with Crippen molar-refractivity contribution in [1.29, 1.82) is 0 Å². The molecule has 5 heteroatoms. The van der Waals surface area contributed by atoms with E-state index in [1.807, 2.05) is 0 Å². The maximum absolute atomic E-state index is 12.2. The summed E-state index contributed by atoms with van der Waals surface area (Å²) in [5, 5.41) is 12.6. The first kappa shape index (κ1) is 13.8. The fourth-order valence-electron chi connectivity index (χ4n) is 2.82. The summed E-state index contributed by atoms with van der Waals surface area (Å²) in [5.41, 5.74) is -0.351. The van der Waals surface area contributed by atoms with Crippen LogP contribution >= 0.6 is 0 Å². The maximum Gasteiger partial charge on any atom is 0.253 e. The molecule has 0 aliphatic heterocycles. The van der Waals surface area contributed by atoms with E-state index >= 15 is 0 Å². The van der Waals surface area contributed by atoms with E-state index in [9.17, 15) is 14.7 Å². The first-order chi connectivity index (χ1) is 9.04. The fourth-order valence-corrected chi connectivity index (χ4v) is 2.82. The number of pyridine rings is 1. The zero-order valence-corrected chi connectivity index (χ0v) is 11.1. The highest BCUT2D eigenvalue weighted by atomic mass is 16.3. The topological polar surface area (TPSA) is 82.2 Å². The van der Waals surface area contributed by atoms with Crippen LogP contribution in [-0.4, -0.2) is 28.1 Å². The van der Waals surface area contributed by atoms with Gasteiger partial charge in [-0.05, 0) is 24.8 Å². The molecule has 0 aromatic carbocycles. The van der Waals surface area contributed by atoms with Crippen LogP contribution in [0.1, 0.15) is 43.0 Å². The van der Waals surface area contributed by atoms with Gasteiger partial charge in [-0.1, -0.05) is 19.8 Å². The Labute approximate surface area is 112 Å². The molecule has 3 N–H and O–H groups in total. The number of carbonyl (C=O) groups excluding carboxylic acids is 1. The standard InChI is InChI=1S/C14H20N2O3/c1-10-3-2-6-14(7-10,9-17)16-13(19)11-4-5-12(18)15-8-11/h4-5,8,10,17H,2-3,6-7,9H2,1H3,(H,15,18)(H,16,19). The molecule has 0 bridgehead atoms. The lowest BCUT2D eigenvalue weighted by Gasteiger charge is -2.39. The van der Waals surface area contributed by atoms with Crippen molar-refractivity contribution in [2.24, 2.45) is 5.92 Å². The van der Waals surface area contributed by atoms with E-state index in [-0.39, 0.29) is 18.1 Å². The molecule has 1 heterocycles. The molecule has 1 fully saturated rings. The first-order valence-corrected chi connectivity index (χ1v) is 6.67. The fraction of sp³-hybridized carbons (Fsp3) is 0.571. The van der Waals surface area contributed by atoms with Gasteiger partial charge in [-0.25, -0.2) is 0 Å². The molecule has 19 heavy (non-hydrogen) atoms. The predicted octanol–water partition coefficient (Wildman–Crippen LogP) is 1.05. The van der Waals surface area contributed by atoms with E-state index < -0.39 is 5.54 Å². The maximum atomic E-state index is 12.2. The highest BCUT2D eigenvalue weighted by Gasteiger charge is 2.35. The molecule has 1 aromatic heterocycles. The largest absolute Gasteiger partial charge is 0.394 e. The van der Waals surface area contributed by atoms with Crippen molar-refractivity contribution in [2.45, 2.75) is 38.1 Å². The molecule has 2 rings (SSSR count). The third-order valence-corrected chi connectivity index (χ3v) is 3.82. The number of aromatic nitrogens is 1. The van der Waals surface area contributed by atoms with Gasteiger partial charge in [-0.3, -0.25) is 9.59 Å². The highest BCUT2D eigenvalue weighted by molar-refractivity contribution is 5.94. The lowest BCUT2D eigenvalue weighted by molar-refractivity contribution is 0.0696. The molecule has 5 nitrogen and oxygen atoms in total. The second-order valence-electron chi connectivity index (χ2n) is 5.54. The molecule has 1 aromatic rings. The van der Waals surface area contributed by atoms with Crippen LogP contribution in [0.4, 0.5) is 0 Å². The number of hydrogen-bond donors (Lipinski definition) is 3. The Morgan fingerprint density at radius 3 is 2.95 bits per heavy atom. The zero-order chi connectivity index (χ0) is 13.9. The summed E-state index contributed by atoms with van der Waals surface area (Å²) in [4.78, 5) is 25.6. The number of aromatic amines is 1. The van der Waals surface area contributed by atoms with E-state index in [2.05, 4.69) is 17.2 Å². The number of H-pyrrole nitrogens is 1. The number of rotatable bonds is 3. The van der Waals surface area contributed by atoms with Crippen LogP contribution in [0.15, 0.2) is 23.1 Å². The zero-order valence-electron chi connectivity index (χ0n) is 11.1. The number of nitrogens with one attached hydrogen (secondary N) is 2. The van der Waals surface area contributed by atoms with E-state index in [4.69, 9.17) is 0 Å². The van der Waals surface area contributed by atoms with Crippen LogP contribution < -0.4 is 10.9 Å². The number of carbonyl (C=O) groups is 1. The van der Waals surface area contributed by atoms with Crippen molar-refractivity contribution in [3.05, 3.63) is 34.2 Å². The van der Waals surface area contributed by atoms with Gasteiger partial charge in [0.15, 0.2) is 0 Å². The SMILES string of the molecule is CC1CCCC(CO)(NC(=O)c2ccc(=O)[nH]c2)C1. The van der Waals surface area contributed by atoms with Gasteiger partial charge in [0.05, 0.1) is 17.7 Å². The molecule has 0 spiro atoms. The average molecular weight is 264 g/mol. The summed E-state index contributed by atoms with van der Waals surface area (Å²) in [6, 6.07) is 2.82. The minimum Gasteiger partial charge on any atom is -0.394 e. The van der Waals surface area contributed by atoms with Crippen LogP contribution in [0.3, 0.4) is 0 Å². The van der Waals surface area contributed by atoms with Crippen molar-refractivity contribution >= 4 is 5.91 Å². The molecule has 2 unspecified atom stereocenters. The average Bonchev–Trinajstić information content (AvgIpc) is 2.39. The Balaban J connectivity index is 2.11. The third-order valence-electron chi connectivity index (χ3n) is 3.82. The second kappa shape index (κ2) is 5.57. The van der Waals surface area contributed by atoms with Gasteiger partial charge in [-0.15, -0.1) is 0 Å². The van der Waals surface area contributed by atoms with Crippen molar-refractivity contribution in [3.8, 4) is 0 Å².